The summed E-state index contributed by atoms with van der Waals surface area (Å²) < 4.78 is 12.7. The second-order valence-electron chi connectivity index (χ2n) is 3.70. The molecule has 1 heterocycles. The van der Waals surface area contributed by atoms with Crippen molar-refractivity contribution in [3.8, 4) is 5.88 Å². The molecular formula is C12H11FN2O2S. The number of halogens is 1. The molecule has 0 saturated heterocycles. The molecule has 2 aromatic rings. The number of benzene rings is 1. The lowest BCUT2D eigenvalue weighted by Gasteiger charge is -2.03. The summed E-state index contributed by atoms with van der Waals surface area (Å²) in [4.78, 5) is 18.7. The molecule has 0 unspecified atom stereocenters. The summed E-state index contributed by atoms with van der Waals surface area (Å²) in [5.41, 5.74) is -0.150. The van der Waals surface area contributed by atoms with Gasteiger partial charge in [-0.3, -0.25) is 4.79 Å². The van der Waals surface area contributed by atoms with E-state index in [9.17, 15) is 14.3 Å². The van der Waals surface area contributed by atoms with Gasteiger partial charge in [0.1, 0.15) is 11.6 Å². The molecule has 1 aromatic heterocycles. The van der Waals surface area contributed by atoms with Crippen LogP contribution in [0.1, 0.15) is 11.4 Å². The molecule has 2 rings (SSSR count). The Labute approximate surface area is 107 Å². The molecule has 0 aliphatic rings. The van der Waals surface area contributed by atoms with Crippen LogP contribution in [-0.2, 0) is 5.75 Å². The summed E-state index contributed by atoms with van der Waals surface area (Å²) in [6, 6.07) is 6.02. The van der Waals surface area contributed by atoms with E-state index in [1.807, 2.05) is 0 Å². The topological polar surface area (TPSA) is 66.0 Å². The van der Waals surface area contributed by atoms with Crippen molar-refractivity contribution in [3.63, 3.8) is 0 Å². The van der Waals surface area contributed by atoms with Crippen LogP contribution in [0.4, 0.5) is 4.39 Å². The van der Waals surface area contributed by atoms with Gasteiger partial charge in [-0.1, -0.05) is 0 Å². The fourth-order valence-electron chi connectivity index (χ4n) is 1.32. The lowest BCUT2D eigenvalue weighted by atomic mass is 10.3. The second kappa shape index (κ2) is 5.22. The zero-order valence-electron chi connectivity index (χ0n) is 9.61. The number of hydrogen-bond donors (Lipinski definition) is 2. The van der Waals surface area contributed by atoms with Crippen molar-refractivity contribution < 1.29 is 9.50 Å². The van der Waals surface area contributed by atoms with E-state index in [0.717, 1.165) is 4.90 Å². The Morgan fingerprint density at radius 1 is 1.39 bits per heavy atom. The summed E-state index contributed by atoms with van der Waals surface area (Å²) >= 11 is 1.40. The minimum absolute atomic E-state index is 0.200. The van der Waals surface area contributed by atoms with Crippen LogP contribution in [-0.4, -0.2) is 15.1 Å². The van der Waals surface area contributed by atoms with Crippen molar-refractivity contribution in [2.24, 2.45) is 0 Å². The van der Waals surface area contributed by atoms with E-state index in [2.05, 4.69) is 9.97 Å². The molecule has 4 nitrogen and oxygen atoms in total. The van der Waals surface area contributed by atoms with E-state index in [1.165, 1.54) is 30.8 Å². The molecule has 0 amide bonds. The zero-order chi connectivity index (χ0) is 13.1. The lowest BCUT2D eigenvalue weighted by Crippen LogP contribution is -2.13. The fraction of sp³-hybridized carbons (Fsp3) is 0.167. The van der Waals surface area contributed by atoms with Gasteiger partial charge in [0.05, 0.1) is 11.3 Å². The van der Waals surface area contributed by atoms with E-state index in [1.54, 1.807) is 12.1 Å². The average molecular weight is 266 g/mol. The monoisotopic (exact) mass is 266 g/mol. The first kappa shape index (κ1) is 12.6. The second-order valence-corrected chi connectivity index (χ2v) is 4.75. The molecule has 0 fully saturated rings. The maximum Gasteiger partial charge on any atom is 0.257 e. The van der Waals surface area contributed by atoms with Gasteiger partial charge >= 0.3 is 0 Å². The fourth-order valence-corrected chi connectivity index (χ4v) is 2.09. The van der Waals surface area contributed by atoms with Gasteiger partial charge in [0.15, 0.2) is 0 Å². The lowest BCUT2D eigenvalue weighted by molar-refractivity contribution is 0.444. The van der Waals surface area contributed by atoms with Crippen molar-refractivity contribution in [3.05, 3.63) is 51.8 Å². The summed E-state index contributed by atoms with van der Waals surface area (Å²) in [6.07, 6.45) is 0. The highest BCUT2D eigenvalue weighted by Gasteiger charge is 2.06. The number of aromatic hydroxyl groups is 1. The first-order valence-corrected chi connectivity index (χ1v) is 6.22. The Balaban J connectivity index is 2.11. The van der Waals surface area contributed by atoms with Gasteiger partial charge in [-0.05, 0) is 31.2 Å². The molecule has 0 radical (unpaired) electrons. The molecule has 94 valence electrons. The molecular weight excluding hydrogens is 255 g/mol. The molecule has 1 aromatic carbocycles. The smallest absolute Gasteiger partial charge is 0.257 e. The highest BCUT2D eigenvalue weighted by Crippen LogP contribution is 2.21. The molecule has 18 heavy (non-hydrogen) atoms. The van der Waals surface area contributed by atoms with Crippen molar-refractivity contribution in [1.29, 1.82) is 0 Å². The van der Waals surface area contributed by atoms with Crippen LogP contribution in [0.25, 0.3) is 0 Å². The standard InChI is InChI=1S/C12H11FN2O2S/c1-7-11(16)14-10(15-12(7)17)6-18-9-4-2-8(13)3-5-9/h2-5H,6H2,1H3,(H2,14,15,16,17). The number of aromatic nitrogens is 2. The van der Waals surface area contributed by atoms with Gasteiger partial charge in [0, 0.05) is 4.90 Å². The number of thioether (sulfide) groups is 1. The van der Waals surface area contributed by atoms with Gasteiger partial charge in [0.25, 0.3) is 5.56 Å². The molecule has 0 atom stereocenters. The maximum absolute atomic E-state index is 12.7. The quantitative estimate of drug-likeness (QED) is 0.836. The van der Waals surface area contributed by atoms with E-state index in [0.29, 0.717) is 11.6 Å². The van der Waals surface area contributed by atoms with E-state index >= 15 is 0 Å². The maximum atomic E-state index is 12.7. The number of H-pyrrole nitrogens is 1. The van der Waals surface area contributed by atoms with Crippen molar-refractivity contribution in [1.82, 2.24) is 9.97 Å². The third-order valence-electron chi connectivity index (χ3n) is 2.36. The Kier molecular flexibility index (Phi) is 3.66. The number of hydrogen-bond acceptors (Lipinski definition) is 4. The normalized spacial score (nSPS) is 10.6. The summed E-state index contributed by atoms with van der Waals surface area (Å²) in [5.74, 6) is 0.235. The van der Waals surface area contributed by atoms with Crippen LogP contribution in [0.3, 0.4) is 0 Å². The first-order valence-electron chi connectivity index (χ1n) is 5.23. The predicted octanol–water partition coefficient (Wildman–Crippen LogP) is 2.22. The highest BCUT2D eigenvalue weighted by molar-refractivity contribution is 7.98. The Morgan fingerprint density at radius 2 is 2.06 bits per heavy atom. The molecule has 0 spiro atoms. The van der Waals surface area contributed by atoms with Crippen molar-refractivity contribution >= 4 is 11.8 Å². The first-order chi connectivity index (χ1) is 8.56. The average Bonchev–Trinajstić information content (AvgIpc) is 2.35. The van der Waals surface area contributed by atoms with Crippen LogP contribution < -0.4 is 5.56 Å². The van der Waals surface area contributed by atoms with E-state index in [4.69, 9.17) is 0 Å². The number of nitrogens with one attached hydrogen (secondary N) is 1. The Morgan fingerprint density at radius 3 is 2.67 bits per heavy atom. The van der Waals surface area contributed by atoms with Crippen LogP contribution in [0.15, 0.2) is 34.0 Å². The summed E-state index contributed by atoms with van der Waals surface area (Å²) in [6.45, 7) is 1.50. The Hall–Kier alpha value is -1.82. The number of aromatic amines is 1. The van der Waals surface area contributed by atoms with Crippen LogP contribution in [0.2, 0.25) is 0 Å². The number of rotatable bonds is 3. The predicted molar refractivity (Wildman–Crippen MR) is 67.2 cm³/mol. The summed E-state index contributed by atoms with van der Waals surface area (Å²) in [7, 11) is 0. The van der Waals surface area contributed by atoms with Crippen molar-refractivity contribution in [2.75, 3.05) is 0 Å². The van der Waals surface area contributed by atoms with Gasteiger partial charge in [-0.2, -0.15) is 4.98 Å². The minimum atomic E-state index is -0.350. The molecule has 0 aliphatic carbocycles. The van der Waals surface area contributed by atoms with Crippen LogP contribution >= 0.6 is 11.8 Å². The largest absolute Gasteiger partial charge is 0.493 e. The molecule has 0 saturated carbocycles. The molecule has 0 bridgehead atoms. The van der Waals surface area contributed by atoms with E-state index < -0.39 is 0 Å². The molecule has 0 aliphatic heterocycles. The van der Waals surface area contributed by atoms with Gasteiger partial charge < -0.3 is 10.1 Å². The zero-order valence-corrected chi connectivity index (χ0v) is 10.4. The molecule has 6 heteroatoms. The van der Waals surface area contributed by atoms with Crippen LogP contribution in [0, 0.1) is 12.7 Å². The third-order valence-corrected chi connectivity index (χ3v) is 3.39. The number of nitrogens with zero attached hydrogens (tertiary/aromatic N) is 1. The van der Waals surface area contributed by atoms with Crippen molar-refractivity contribution in [2.45, 2.75) is 17.6 Å². The SMILES string of the molecule is Cc1c(O)nc(CSc2ccc(F)cc2)[nH]c1=O. The van der Waals surface area contributed by atoms with Crippen LogP contribution in [0.5, 0.6) is 5.88 Å². The van der Waals surface area contributed by atoms with Gasteiger partial charge in [-0.15, -0.1) is 11.8 Å². The third kappa shape index (κ3) is 2.89. The minimum Gasteiger partial charge on any atom is -0.493 e. The van der Waals surface area contributed by atoms with Gasteiger partial charge in [0.2, 0.25) is 5.88 Å². The van der Waals surface area contributed by atoms with Gasteiger partial charge in [-0.25, -0.2) is 4.39 Å². The highest BCUT2D eigenvalue weighted by atomic mass is 32.2. The van der Waals surface area contributed by atoms with E-state index in [-0.39, 0.29) is 22.8 Å². The Bertz CT molecular complexity index is 610. The summed E-state index contributed by atoms with van der Waals surface area (Å²) in [5, 5.41) is 9.42. The molecule has 2 N–H and O–H groups in total.